The van der Waals surface area contributed by atoms with Crippen molar-refractivity contribution in [1.82, 2.24) is 0 Å². The van der Waals surface area contributed by atoms with Gasteiger partial charge in [0, 0.05) is 5.39 Å². The molecule has 0 aliphatic heterocycles. The van der Waals surface area contributed by atoms with E-state index in [-0.39, 0.29) is 11.5 Å². The molecule has 140 valence electrons. The van der Waals surface area contributed by atoms with Crippen molar-refractivity contribution >= 4 is 21.5 Å². The molecular formula is C26H18O3. The smallest absolute Gasteiger partial charge is 0.211 e. The first-order valence-electron chi connectivity index (χ1n) is 9.42. The van der Waals surface area contributed by atoms with Gasteiger partial charge < -0.3 is 14.6 Å². The number of aromatic hydroxyl groups is 1. The highest BCUT2D eigenvalue weighted by atomic mass is 16.5. The predicted octanol–water partition coefficient (Wildman–Crippen LogP) is 7.28. The van der Waals surface area contributed by atoms with Crippen molar-refractivity contribution in [2.24, 2.45) is 0 Å². The van der Waals surface area contributed by atoms with E-state index in [1.807, 2.05) is 78.9 Å². The van der Waals surface area contributed by atoms with Gasteiger partial charge in [0.1, 0.15) is 11.5 Å². The molecule has 0 spiro atoms. The number of phenols is 1. The van der Waals surface area contributed by atoms with Gasteiger partial charge in [-0.1, -0.05) is 72.8 Å². The van der Waals surface area contributed by atoms with Crippen LogP contribution in [0.15, 0.2) is 103 Å². The highest BCUT2D eigenvalue weighted by Gasteiger charge is 2.14. The molecule has 0 amide bonds. The van der Waals surface area contributed by atoms with Crippen molar-refractivity contribution in [3.63, 3.8) is 0 Å². The van der Waals surface area contributed by atoms with Crippen molar-refractivity contribution in [3.05, 3.63) is 103 Å². The van der Waals surface area contributed by atoms with E-state index in [1.54, 1.807) is 18.2 Å². The zero-order chi connectivity index (χ0) is 19.6. The summed E-state index contributed by atoms with van der Waals surface area (Å²) in [5, 5.41) is 14.7. The zero-order valence-electron chi connectivity index (χ0n) is 15.6. The lowest BCUT2D eigenvalue weighted by Gasteiger charge is -2.15. The molecule has 3 nitrogen and oxygen atoms in total. The normalized spacial score (nSPS) is 10.9. The van der Waals surface area contributed by atoms with Crippen molar-refractivity contribution in [1.29, 1.82) is 0 Å². The lowest BCUT2D eigenvalue weighted by molar-refractivity contribution is 0.383. The van der Waals surface area contributed by atoms with Crippen LogP contribution in [0.25, 0.3) is 21.5 Å². The van der Waals surface area contributed by atoms with Gasteiger partial charge in [0.25, 0.3) is 0 Å². The van der Waals surface area contributed by atoms with Crippen LogP contribution in [0.1, 0.15) is 0 Å². The molecule has 0 aromatic heterocycles. The van der Waals surface area contributed by atoms with E-state index in [0.29, 0.717) is 17.2 Å². The van der Waals surface area contributed by atoms with Crippen LogP contribution < -0.4 is 9.47 Å². The minimum atomic E-state index is 0.0243. The largest absolute Gasteiger partial charge is 0.504 e. The summed E-state index contributed by atoms with van der Waals surface area (Å²) < 4.78 is 12.2. The van der Waals surface area contributed by atoms with Gasteiger partial charge in [-0.05, 0) is 46.5 Å². The molecule has 0 fully saturated rings. The summed E-state index contributed by atoms with van der Waals surface area (Å²) in [6, 6.07) is 32.9. The first-order valence-corrected chi connectivity index (χ1v) is 9.42. The van der Waals surface area contributed by atoms with Crippen molar-refractivity contribution in [2.45, 2.75) is 0 Å². The highest BCUT2D eigenvalue weighted by Crippen LogP contribution is 2.43. The maximum absolute atomic E-state index is 10.5. The van der Waals surface area contributed by atoms with Gasteiger partial charge in [0.05, 0.1) is 0 Å². The molecule has 29 heavy (non-hydrogen) atoms. The Morgan fingerprint density at radius 2 is 1.21 bits per heavy atom. The molecule has 0 heterocycles. The second-order valence-corrected chi connectivity index (χ2v) is 6.79. The third kappa shape index (κ3) is 3.34. The molecule has 0 atom stereocenters. The summed E-state index contributed by atoms with van der Waals surface area (Å²) in [6.07, 6.45) is 0. The van der Waals surface area contributed by atoms with Crippen LogP contribution in [-0.4, -0.2) is 5.11 Å². The number of hydrogen-bond donors (Lipinski definition) is 1. The second-order valence-electron chi connectivity index (χ2n) is 6.79. The molecule has 0 saturated carbocycles. The third-order valence-electron chi connectivity index (χ3n) is 4.87. The number of fused-ring (bicyclic) bond motifs is 2. The van der Waals surface area contributed by atoms with Crippen molar-refractivity contribution in [2.75, 3.05) is 0 Å². The standard InChI is InChI=1S/C26H18O3/c27-23-12-6-14-25(28-21-16-15-18-7-1-2-9-20(18)17-21)26(23)29-24-13-5-10-19-8-3-4-11-22(19)24/h1-17,27H. The fourth-order valence-electron chi connectivity index (χ4n) is 3.44. The molecule has 5 aromatic carbocycles. The Morgan fingerprint density at radius 1 is 0.517 bits per heavy atom. The summed E-state index contributed by atoms with van der Waals surface area (Å²) in [4.78, 5) is 0. The fraction of sp³-hybridized carbons (Fsp3) is 0. The molecule has 5 aromatic rings. The van der Waals surface area contributed by atoms with E-state index >= 15 is 0 Å². The van der Waals surface area contributed by atoms with Crippen LogP contribution in [0.3, 0.4) is 0 Å². The maximum Gasteiger partial charge on any atom is 0.211 e. The summed E-state index contributed by atoms with van der Waals surface area (Å²) in [5.41, 5.74) is 0. The molecule has 0 bridgehead atoms. The van der Waals surface area contributed by atoms with E-state index in [2.05, 4.69) is 6.07 Å². The van der Waals surface area contributed by atoms with Gasteiger partial charge in [-0.3, -0.25) is 0 Å². The molecular weight excluding hydrogens is 360 g/mol. The van der Waals surface area contributed by atoms with E-state index in [4.69, 9.17) is 9.47 Å². The minimum absolute atomic E-state index is 0.0243. The summed E-state index contributed by atoms with van der Waals surface area (Å²) in [6.45, 7) is 0. The first kappa shape index (κ1) is 17.1. The van der Waals surface area contributed by atoms with E-state index in [1.165, 1.54) is 0 Å². The Hall–Kier alpha value is -3.98. The number of phenolic OH excluding ortho intramolecular Hbond substituents is 1. The average molecular weight is 378 g/mol. The molecule has 0 aliphatic rings. The van der Waals surface area contributed by atoms with Gasteiger partial charge in [-0.15, -0.1) is 0 Å². The SMILES string of the molecule is Oc1cccc(Oc2ccc3ccccc3c2)c1Oc1cccc2ccccc12. The Morgan fingerprint density at radius 3 is 2.10 bits per heavy atom. The molecule has 0 radical (unpaired) electrons. The average Bonchev–Trinajstić information content (AvgIpc) is 2.76. The number of benzene rings is 5. The van der Waals surface area contributed by atoms with Gasteiger partial charge in [0.15, 0.2) is 11.5 Å². The van der Waals surface area contributed by atoms with Gasteiger partial charge in [0.2, 0.25) is 5.75 Å². The monoisotopic (exact) mass is 378 g/mol. The molecule has 0 unspecified atom stereocenters. The lowest BCUT2D eigenvalue weighted by atomic mass is 10.1. The van der Waals surface area contributed by atoms with Crippen LogP contribution in [0.4, 0.5) is 0 Å². The molecule has 3 heteroatoms. The summed E-state index contributed by atoms with van der Waals surface area (Å²) in [5.74, 6) is 2.10. The van der Waals surface area contributed by atoms with Gasteiger partial charge >= 0.3 is 0 Å². The third-order valence-corrected chi connectivity index (χ3v) is 4.87. The van der Waals surface area contributed by atoms with Crippen LogP contribution in [-0.2, 0) is 0 Å². The molecule has 1 N–H and O–H groups in total. The Bertz CT molecular complexity index is 1320. The first-order chi connectivity index (χ1) is 14.3. The zero-order valence-corrected chi connectivity index (χ0v) is 15.6. The quantitative estimate of drug-likeness (QED) is 0.357. The molecule has 0 aliphatic carbocycles. The summed E-state index contributed by atoms with van der Waals surface area (Å²) in [7, 11) is 0. The minimum Gasteiger partial charge on any atom is -0.504 e. The second kappa shape index (κ2) is 7.21. The van der Waals surface area contributed by atoms with Crippen LogP contribution in [0.5, 0.6) is 28.7 Å². The molecule has 5 rings (SSSR count). The van der Waals surface area contributed by atoms with E-state index in [9.17, 15) is 5.11 Å². The van der Waals surface area contributed by atoms with Crippen LogP contribution in [0, 0.1) is 0 Å². The summed E-state index contributed by atoms with van der Waals surface area (Å²) >= 11 is 0. The van der Waals surface area contributed by atoms with Crippen LogP contribution >= 0.6 is 0 Å². The highest BCUT2D eigenvalue weighted by molar-refractivity contribution is 5.88. The Balaban J connectivity index is 1.54. The van der Waals surface area contributed by atoms with Gasteiger partial charge in [-0.2, -0.15) is 0 Å². The Kier molecular flexibility index (Phi) is 4.26. The number of hydrogen-bond acceptors (Lipinski definition) is 3. The molecule has 0 saturated heterocycles. The van der Waals surface area contributed by atoms with E-state index < -0.39 is 0 Å². The van der Waals surface area contributed by atoms with Crippen molar-refractivity contribution < 1.29 is 14.6 Å². The number of para-hydroxylation sites is 1. The lowest BCUT2D eigenvalue weighted by Crippen LogP contribution is -1.92. The van der Waals surface area contributed by atoms with Crippen molar-refractivity contribution in [3.8, 4) is 28.7 Å². The van der Waals surface area contributed by atoms with Crippen LogP contribution in [0.2, 0.25) is 0 Å². The predicted molar refractivity (Wildman–Crippen MR) is 116 cm³/mol. The Labute approximate surface area is 168 Å². The topological polar surface area (TPSA) is 38.7 Å². The van der Waals surface area contributed by atoms with E-state index in [0.717, 1.165) is 21.5 Å². The number of rotatable bonds is 4. The maximum atomic E-state index is 10.5. The van der Waals surface area contributed by atoms with Gasteiger partial charge in [-0.25, -0.2) is 0 Å². The number of ether oxygens (including phenoxy) is 2. The fourth-order valence-corrected chi connectivity index (χ4v) is 3.44.